The third kappa shape index (κ3) is 1.82. The molecule has 0 bridgehead atoms. The summed E-state index contributed by atoms with van der Waals surface area (Å²) in [6.45, 7) is 6.58. The lowest BCUT2D eigenvalue weighted by atomic mass is 10.1. The van der Waals surface area contributed by atoms with Crippen LogP contribution < -0.4 is 14.8 Å². The van der Waals surface area contributed by atoms with Crippen molar-refractivity contribution < 1.29 is 9.47 Å². The molecule has 0 spiro atoms. The van der Waals surface area contributed by atoms with Gasteiger partial charge in [0, 0.05) is 22.7 Å². The van der Waals surface area contributed by atoms with Crippen LogP contribution in [0.5, 0.6) is 11.5 Å². The summed E-state index contributed by atoms with van der Waals surface area (Å²) in [5, 5.41) is 4.61. The van der Waals surface area contributed by atoms with E-state index in [4.69, 9.17) is 9.47 Å². The molecule has 1 aromatic carbocycles. The Balaban J connectivity index is 1.99. The zero-order valence-electron chi connectivity index (χ0n) is 10.8. The number of hydrogen-bond donors (Lipinski definition) is 2. The number of benzene rings is 1. The lowest BCUT2D eigenvalue weighted by molar-refractivity contribution is 0.174. The summed E-state index contributed by atoms with van der Waals surface area (Å²) >= 11 is 0. The van der Waals surface area contributed by atoms with Gasteiger partial charge in [0.2, 0.25) is 6.79 Å². The highest BCUT2D eigenvalue weighted by molar-refractivity contribution is 5.88. The maximum absolute atomic E-state index is 5.44. The van der Waals surface area contributed by atoms with Crippen LogP contribution >= 0.6 is 0 Å². The molecule has 1 aromatic heterocycles. The van der Waals surface area contributed by atoms with E-state index >= 15 is 0 Å². The maximum Gasteiger partial charge on any atom is 0.231 e. The molecule has 2 heterocycles. The molecule has 2 aromatic rings. The summed E-state index contributed by atoms with van der Waals surface area (Å²) in [4.78, 5) is 3.42. The molecule has 0 aliphatic carbocycles. The maximum atomic E-state index is 5.44. The van der Waals surface area contributed by atoms with Crippen molar-refractivity contribution in [3.63, 3.8) is 0 Å². The van der Waals surface area contributed by atoms with E-state index in [1.807, 2.05) is 6.07 Å². The summed E-state index contributed by atoms with van der Waals surface area (Å²) in [7, 11) is 0. The molecule has 96 valence electrons. The second-order valence-corrected chi connectivity index (χ2v) is 4.58. The van der Waals surface area contributed by atoms with E-state index in [0.29, 0.717) is 6.79 Å². The first-order valence-corrected chi connectivity index (χ1v) is 6.41. The Hall–Kier alpha value is -1.68. The van der Waals surface area contributed by atoms with Gasteiger partial charge in [0.25, 0.3) is 0 Å². The van der Waals surface area contributed by atoms with Crippen molar-refractivity contribution in [3.8, 4) is 11.5 Å². The van der Waals surface area contributed by atoms with Crippen LogP contribution in [-0.4, -0.2) is 24.9 Å². The fourth-order valence-electron chi connectivity index (χ4n) is 2.49. The molecule has 18 heavy (non-hydrogen) atoms. The number of aryl methyl sites for hydroxylation is 1. The van der Waals surface area contributed by atoms with Crippen molar-refractivity contribution in [2.45, 2.75) is 20.3 Å². The molecule has 0 amide bonds. The Morgan fingerprint density at radius 1 is 1.28 bits per heavy atom. The smallest absolute Gasteiger partial charge is 0.231 e. The first-order chi connectivity index (χ1) is 8.79. The molecule has 3 rings (SSSR count). The number of fused-ring (bicyclic) bond motifs is 2. The quantitative estimate of drug-likeness (QED) is 0.814. The summed E-state index contributed by atoms with van der Waals surface area (Å²) in [6.07, 6.45) is 1.03. The molecule has 0 radical (unpaired) electrons. The van der Waals surface area contributed by atoms with Crippen molar-refractivity contribution in [1.82, 2.24) is 10.3 Å². The van der Waals surface area contributed by atoms with Crippen LogP contribution in [0.3, 0.4) is 0 Å². The largest absolute Gasteiger partial charge is 0.454 e. The van der Waals surface area contributed by atoms with Gasteiger partial charge >= 0.3 is 0 Å². The molecular formula is C14H18N2O2. The molecule has 0 atom stereocenters. The highest BCUT2D eigenvalue weighted by atomic mass is 16.7. The molecule has 4 heteroatoms. The molecule has 1 aliphatic rings. The molecular weight excluding hydrogens is 228 g/mol. The van der Waals surface area contributed by atoms with Gasteiger partial charge in [-0.3, -0.25) is 0 Å². The van der Waals surface area contributed by atoms with Gasteiger partial charge in [-0.05, 0) is 38.1 Å². The van der Waals surface area contributed by atoms with Crippen LogP contribution in [0.25, 0.3) is 10.9 Å². The topological polar surface area (TPSA) is 46.3 Å². The Morgan fingerprint density at radius 2 is 2.06 bits per heavy atom. The average Bonchev–Trinajstić information content (AvgIpc) is 2.91. The average molecular weight is 246 g/mol. The predicted molar refractivity (Wildman–Crippen MR) is 71.4 cm³/mol. The number of ether oxygens (including phenoxy) is 2. The standard InChI is InChI=1S/C14H18N2O2/c1-3-15-5-4-10-9(2)16-12-7-14-13(6-11(10)12)17-8-18-14/h6-7,15-16H,3-5,8H2,1-2H3. The normalized spacial score (nSPS) is 13.4. The second-order valence-electron chi connectivity index (χ2n) is 4.58. The monoisotopic (exact) mass is 246 g/mol. The number of nitrogens with one attached hydrogen (secondary N) is 2. The molecule has 0 unspecified atom stereocenters. The predicted octanol–water partition coefficient (Wildman–Crippen LogP) is 2.36. The van der Waals surface area contributed by atoms with E-state index in [2.05, 4.69) is 30.2 Å². The van der Waals surface area contributed by atoms with Crippen LogP contribution in [0, 0.1) is 6.92 Å². The minimum Gasteiger partial charge on any atom is -0.454 e. The Bertz CT molecular complexity index is 575. The summed E-state index contributed by atoms with van der Waals surface area (Å²) < 4.78 is 10.8. The van der Waals surface area contributed by atoms with E-state index in [-0.39, 0.29) is 0 Å². The number of hydrogen-bond acceptors (Lipinski definition) is 3. The van der Waals surface area contributed by atoms with Crippen molar-refractivity contribution >= 4 is 10.9 Å². The van der Waals surface area contributed by atoms with Gasteiger partial charge in [0.15, 0.2) is 11.5 Å². The van der Waals surface area contributed by atoms with E-state index in [1.54, 1.807) is 0 Å². The van der Waals surface area contributed by atoms with Gasteiger partial charge in [-0.15, -0.1) is 0 Å². The summed E-state index contributed by atoms with van der Waals surface area (Å²) in [5.41, 5.74) is 3.72. The van der Waals surface area contributed by atoms with Gasteiger partial charge in [-0.1, -0.05) is 6.92 Å². The minimum absolute atomic E-state index is 0.327. The van der Waals surface area contributed by atoms with Crippen molar-refractivity contribution in [3.05, 3.63) is 23.4 Å². The fraction of sp³-hybridized carbons (Fsp3) is 0.429. The minimum atomic E-state index is 0.327. The number of likely N-dealkylation sites (N-methyl/N-ethyl adjacent to an activating group) is 1. The van der Waals surface area contributed by atoms with Gasteiger partial charge < -0.3 is 19.8 Å². The van der Waals surface area contributed by atoms with Crippen molar-refractivity contribution in [1.29, 1.82) is 0 Å². The van der Waals surface area contributed by atoms with E-state index in [0.717, 1.165) is 36.5 Å². The van der Waals surface area contributed by atoms with Crippen LogP contribution in [0.15, 0.2) is 12.1 Å². The zero-order chi connectivity index (χ0) is 12.5. The molecule has 0 saturated carbocycles. The molecule has 0 saturated heterocycles. The Labute approximate surface area is 106 Å². The van der Waals surface area contributed by atoms with Crippen LogP contribution in [0.1, 0.15) is 18.2 Å². The van der Waals surface area contributed by atoms with Crippen LogP contribution in [0.2, 0.25) is 0 Å². The first kappa shape index (κ1) is 11.4. The lowest BCUT2D eigenvalue weighted by Crippen LogP contribution is -2.16. The van der Waals surface area contributed by atoms with E-state index < -0.39 is 0 Å². The third-order valence-corrected chi connectivity index (χ3v) is 3.41. The number of aromatic amines is 1. The molecule has 2 N–H and O–H groups in total. The van der Waals surface area contributed by atoms with Gasteiger partial charge in [0.05, 0.1) is 0 Å². The van der Waals surface area contributed by atoms with Crippen molar-refractivity contribution in [2.75, 3.05) is 19.9 Å². The van der Waals surface area contributed by atoms with Gasteiger partial charge in [-0.2, -0.15) is 0 Å². The Kier molecular flexibility index (Phi) is 2.88. The zero-order valence-corrected chi connectivity index (χ0v) is 10.8. The van der Waals surface area contributed by atoms with Crippen molar-refractivity contribution in [2.24, 2.45) is 0 Å². The number of H-pyrrole nitrogens is 1. The molecule has 1 aliphatic heterocycles. The molecule has 0 fully saturated rings. The molecule has 4 nitrogen and oxygen atoms in total. The van der Waals surface area contributed by atoms with Crippen LogP contribution in [0.4, 0.5) is 0 Å². The number of aromatic nitrogens is 1. The third-order valence-electron chi connectivity index (χ3n) is 3.41. The highest BCUT2D eigenvalue weighted by Crippen LogP contribution is 2.37. The van der Waals surface area contributed by atoms with Crippen LogP contribution in [-0.2, 0) is 6.42 Å². The summed E-state index contributed by atoms with van der Waals surface area (Å²) in [5.74, 6) is 1.69. The van der Waals surface area contributed by atoms with Gasteiger partial charge in [-0.25, -0.2) is 0 Å². The summed E-state index contributed by atoms with van der Waals surface area (Å²) in [6, 6.07) is 4.11. The van der Waals surface area contributed by atoms with Gasteiger partial charge in [0.1, 0.15) is 0 Å². The highest BCUT2D eigenvalue weighted by Gasteiger charge is 2.17. The SMILES string of the molecule is CCNCCc1c(C)[nH]c2cc3c(cc12)OCO3. The fourth-order valence-corrected chi connectivity index (χ4v) is 2.49. The number of rotatable bonds is 4. The van der Waals surface area contributed by atoms with E-state index in [1.165, 1.54) is 16.6 Å². The Morgan fingerprint density at radius 3 is 2.83 bits per heavy atom. The van der Waals surface area contributed by atoms with E-state index in [9.17, 15) is 0 Å². The lowest BCUT2D eigenvalue weighted by Gasteiger charge is -2.03. The second kappa shape index (κ2) is 4.53. The first-order valence-electron chi connectivity index (χ1n) is 6.41.